The Balaban J connectivity index is 0.000000408. The fraction of sp³-hybridized carbons (Fsp3) is 0.276. The van der Waals surface area contributed by atoms with E-state index in [1.54, 1.807) is 48.5 Å². The molecule has 0 bridgehead atoms. The quantitative estimate of drug-likeness (QED) is 0.0620. The molecule has 0 radical (unpaired) electrons. The lowest BCUT2D eigenvalue weighted by Crippen LogP contribution is -2.41. The number of carbonyl (C=O) groups excluding carboxylic acids is 4. The molecule has 0 aliphatic carbocycles. The van der Waals surface area contributed by atoms with Gasteiger partial charge in [-0.15, -0.1) is 0 Å². The number of hydrogen-bond donors (Lipinski definition) is 0. The number of hydrogen-bond acceptors (Lipinski definition) is 12. The van der Waals surface area contributed by atoms with E-state index in [1.165, 1.54) is 17.9 Å². The summed E-state index contributed by atoms with van der Waals surface area (Å²) in [5.41, 5.74) is 5.59. The zero-order valence-corrected chi connectivity index (χ0v) is 38.4. The van der Waals surface area contributed by atoms with Crippen LogP contribution < -0.4 is 9.47 Å². The van der Waals surface area contributed by atoms with E-state index < -0.39 is 46.4 Å². The smallest absolute Gasteiger partial charge is 0.416 e. The Bertz CT molecular complexity index is 2670. The van der Waals surface area contributed by atoms with Crippen molar-refractivity contribution in [2.45, 2.75) is 87.1 Å². The molecule has 392 valence electrons. The summed E-state index contributed by atoms with van der Waals surface area (Å²) in [7, 11) is 0. The van der Waals surface area contributed by atoms with E-state index in [0.29, 0.717) is 37.4 Å². The number of imide groups is 2. The minimum absolute atomic E-state index is 0. The molecular formula is C58H68N4O12. The van der Waals surface area contributed by atoms with Gasteiger partial charge in [-0.05, 0) is 70.5 Å². The van der Waals surface area contributed by atoms with Crippen LogP contribution in [0.2, 0.25) is 0 Å². The molecule has 6 aromatic carbocycles. The number of ether oxygens (including phenoxy) is 4. The van der Waals surface area contributed by atoms with Crippen LogP contribution in [0.25, 0.3) is 6.08 Å². The highest BCUT2D eigenvalue weighted by Gasteiger charge is 2.39. The van der Waals surface area contributed by atoms with Crippen molar-refractivity contribution >= 4 is 30.1 Å². The Labute approximate surface area is 434 Å². The molecule has 0 unspecified atom stereocenters. The average Bonchev–Trinajstić information content (AvgIpc) is 3.93. The summed E-state index contributed by atoms with van der Waals surface area (Å²) < 4.78 is 21.4. The minimum Gasteiger partial charge on any atom is -0.489 e. The van der Waals surface area contributed by atoms with Gasteiger partial charge in [0.2, 0.25) is 24.6 Å². The van der Waals surface area contributed by atoms with Gasteiger partial charge in [-0.2, -0.15) is 0 Å². The maximum Gasteiger partial charge on any atom is 0.416 e. The first-order valence-electron chi connectivity index (χ1n) is 22.4. The van der Waals surface area contributed by atoms with Crippen LogP contribution in [-0.4, -0.2) is 75.5 Å². The first-order chi connectivity index (χ1) is 33.9. The van der Waals surface area contributed by atoms with Crippen molar-refractivity contribution in [1.29, 1.82) is 0 Å². The van der Waals surface area contributed by atoms with Crippen LogP contribution in [0, 0.1) is 20.2 Å². The lowest BCUT2D eigenvalue weighted by Gasteiger charge is -2.22. The Morgan fingerprint density at radius 3 is 1.39 bits per heavy atom. The molecule has 2 fully saturated rings. The Kier molecular flexibility index (Phi) is 26.3. The monoisotopic (exact) mass is 1010 g/mol. The molecule has 16 heteroatoms. The molecule has 16 nitrogen and oxygen atoms in total. The Hall–Kier alpha value is -8.66. The number of nitro groups is 2. The minimum atomic E-state index is -0.708. The molecule has 2 saturated heterocycles. The van der Waals surface area contributed by atoms with Crippen LogP contribution in [0.3, 0.4) is 0 Å². The van der Waals surface area contributed by atoms with Crippen molar-refractivity contribution in [2.24, 2.45) is 0 Å². The van der Waals surface area contributed by atoms with Crippen molar-refractivity contribution in [3.63, 3.8) is 0 Å². The van der Waals surface area contributed by atoms with E-state index in [0.717, 1.165) is 44.7 Å². The lowest BCUT2D eigenvalue weighted by molar-refractivity contribution is -0.483. The van der Waals surface area contributed by atoms with Crippen LogP contribution in [-0.2, 0) is 45.1 Å². The number of amides is 4. The van der Waals surface area contributed by atoms with Gasteiger partial charge in [0, 0.05) is 24.3 Å². The van der Waals surface area contributed by atoms with Crippen molar-refractivity contribution in [2.75, 3.05) is 19.8 Å². The van der Waals surface area contributed by atoms with Gasteiger partial charge in [0.15, 0.2) is 0 Å². The third-order valence-electron chi connectivity index (χ3n) is 11.1. The standard InChI is InChI=1S/C27H26N2O6.C15H13NO3.C12H13NO3.4CH4/c30-26(29-24(19-35-27(29)31)15-20-7-3-1-4-8-20)16-23(17-28(32)33)22-11-13-25(14-12-22)34-18-21-9-5-2-6-10-21;17-16(18)11-10-13-6-8-15(9-7-13)19-12-14-4-2-1-3-5-14;1-9(14)13-11(8-16-12(13)15)7-10-5-3-2-4-6-10;;;;/h1-14,23-24H,15-19H2;1-11H,12H2;2-6,11H,7-8H2,1H3;4*1H4/b;11-10+;;;;;/t23-,24+;;11-;;;;/m1.0..../s1. The van der Waals surface area contributed by atoms with E-state index in [2.05, 4.69) is 0 Å². The molecule has 74 heavy (non-hydrogen) atoms. The van der Waals surface area contributed by atoms with E-state index in [1.807, 2.05) is 121 Å². The van der Waals surface area contributed by atoms with Crippen LogP contribution in [0.5, 0.6) is 11.5 Å². The van der Waals surface area contributed by atoms with Crippen molar-refractivity contribution < 1.29 is 48.0 Å². The normalized spacial score (nSPS) is 14.5. The molecule has 2 aliphatic rings. The number of rotatable bonds is 17. The van der Waals surface area contributed by atoms with Gasteiger partial charge in [-0.25, -0.2) is 19.4 Å². The molecule has 0 spiro atoms. The molecule has 6 aromatic rings. The maximum atomic E-state index is 13.1. The second-order valence-corrected chi connectivity index (χ2v) is 16.2. The molecule has 0 N–H and O–H groups in total. The number of cyclic esters (lactones) is 2. The van der Waals surface area contributed by atoms with Gasteiger partial charge in [0.1, 0.15) is 37.9 Å². The molecule has 2 heterocycles. The molecule has 3 atom stereocenters. The van der Waals surface area contributed by atoms with Crippen LogP contribution in [0.1, 0.15) is 82.3 Å². The SMILES string of the molecule is C.C.C.C.CC(=O)N1C(=O)OC[C@@H]1Cc1ccccc1.O=C(C[C@H](C[N+](=O)[O-])c1ccc(OCc2ccccc2)cc1)N1C(=O)OC[C@@H]1Cc1ccccc1.O=[N+]([O-])/C=C/c1ccc(OCc2ccccc2)cc1. The highest BCUT2D eigenvalue weighted by atomic mass is 16.6. The summed E-state index contributed by atoms with van der Waals surface area (Å²) in [6, 6.07) is 52.3. The molecule has 2 aliphatic heterocycles. The van der Waals surface area contributed by atoms with E-state index in [4.69, 9.17) is 18.9 Å². The first-order valence-corrected chi connectivity index (χ1v) is 22.4. The Morgan fingerprint density at radius 2 is 0.986 bits per heavy atom. The second-order valence-electron chi connectivity index (χ2n) is 16.2. The number of nitrogens with zero attached hydrogens (tertiary/aromatic N) is 4. The predicted molar refractivity (Wildman–Crippen MR) is 287 cm³/mol. The van der Waals surface area contributed by atoms with Crippen LogP contribution in [0.15, 0.2) is 176 Å². The number of benzene rings is 6. The predicted octanol–water partition coefficient (Wildman–Crippen LogP) is 12.3. The van der Waals surface area contributed by atoms with Crippen molar-refractivity contribution in [3.05, 3.63) is 230 Å². The van der Waals surface area contributed by atoms with E-state index in [-0.39, 0.29) is 61.3 Å². The van der Waals surface area contributed by atoms with Gasteiger partial charge < -0.3 is 18.9 Å². The zero-order chi connectivity index (χ0) is 49.7. The van der Waals surface area contributed by atoms with Crippen LogP contribution >= 0.6 is 0 Å². The summed E-state index contributed by atoms with van der Waals surface area (Å²) in [6.45, 7) is 2.24. The van der Waals surface area contributed by atoms with Crippen molar-refractivity contribution in [1.82, 2.24) is 9.80 Å². The van der Waals surface area contributed by atoms with Crippen LogP contribution in [0.4, 0.5) is 9.59 Å². The van der Waals surface area contributed by atoms with Gasteiger partial charge in [-0.3, -0.25) is 29.8 Å². The summed E-state index contributed by atoms with van der Waals surface area (Å²) in [4.78, 5) is 70.9. The van der Waals surface area contributed by atoms with Gasteiger partial charge >= 0.3 is 12.2 Å². The highest BCUT2D eigenvalue weighted by molar-refractivity contribution is 5.94. The highest BCUT2D eigenvalue weighted by Crippen LogP contribution is 2.27. The number of carbonyl (C=O) groups is 4. The fourth-order valence-corrected chi connectivity index (χ4v) is 7.60. The maximum absolute atomic E-state index is 13.1. The van der Waals surface area contributed by atoms with Crippen molar-refractivity contribution in [3.8, 4) is 11.5 Å². The molecule has 0 aromatic heterocycles. The second kappa shape index (κ2) is 31.6. The topological polar surface area (TPSA) is 198 Å². The summed E-state index contributed by atoms with van der Waals surface area (Å²) in [5.74, 6) is -0.0727. The van der Waals surface area contributed by atoms with Gasteiger partial charge in [0.05, 0.1) is 22.9 Å². The zero-order valence-electron chi connectivity index (χ0n) is 38.4. The fourth-order valence-electron chi connectivity index (χ4n) is 7.60. The third kappa shape index (κ3) is 19.5. The average molecular weight is 1010 g/mol. The summed E-state index contributed by atoms with van der Waals surface area (Å²) in [6.07, 6.45) is 2.05. The van der Waals surface area contributed by atoms with E-state index >= 15 is 0 Å². The van der Waals surface area contributed by atoms with E-state index in [9.17, 15) is 39.4 Å². The largest absolute Gasteiger partial charge is 0.489 e. The molecule has 8 rings (SSSR count). The molecular weight excluding hydrogens is 945 g/mol. The summed E-state index contributed by atoms with van der Waals surface area (Å²) in [5, 5.41) is 21.5. The first kappa shape index (κ1) is 61.5. The molecule has 0 saturated carbocycles. The van der Waals surface area contributed by atoms with Gasteiger partial charge in [0.25, 0.3) is 0 Å². The van der Waals surface area contributed by atoms with Gasteiger partial charge in [-0.1, -0.05) is 175 Å². The third-order valence-corrected chi connectivity index (χ3v) is 11.1. The summed E-state index contributed by atoms with van der Waals surface area (Å²) >= 11 is 0. The molecule has 4 amide bonds. The lowest BCUT2D eigenvalue weighted by atomic mass is 9.94. The Morgan fingerprint density at radius 1 is 0.595 bits per heavy atom.